The van der Waals surface area contributed by atoms with Crippen molar-refractivity contribution in [1.29, 1.82) is 0 Å². The van der Waals surface area contributed by atoms with Gasteiger partial charge in [0.1, 0.15) is 5.75 Å². The molecular formula is C20H22Cl2N2O2. The van der Waals surface area contributed by atoms with E-state index in [1.54, 1.807) is 19.2 Å². The fourth-order valence-electron chi connectivity index (χ4n) is 3.23. The van der Waals surface area contributed by atoms with Crippen LogP contribution in [0.25, 0.3) is 0 Å². The van der Waals surface area contributed by atoms with Gasteiger partial charge < -0.3 is 15.0 Å². The van der Waals surface area contributed by atoms with Gasteiger partial charge in [0.25, 0.3) is 0 Å². The zero-order chi connectivity index (χ0) is 18.5. The standard InChI is InChI=1S/C20H22Cl2N2O2/c1-26-18-6-2-14(3-7-18)10-15-8-9-24(13-15)20(25)23-12-16-4-5-17(21)11-19(16)22/h2-7,11,15H,8-10,12-13H2,1H3,(H,23,25). The summed E-state index contributed by atoms with van der Waals surface area (Å²) >= 11 is 12.0. The van der Waals surface area contributed by atoms with Crippen LogP contribution in [0.4, 0.5) is 4.79 Å². The summed E-state index contributed by atoms with van der Waals surface area (Å²) in [5, 5.41) is 4.10. The highest BCUT2D eigenvalue weighted by Crippen LogP contribution is 2.23. The van der Waals surface area contributed by atoms with Crippen molar-refractivity contribution < 1.29 is 9.53 Å². The number of carbonyl (C=O) groups is 1. The molecule has 1 fully saturated rings. The van der Waals surface area contributed by atoms with Gasteiger partial charge in [0, 0.05) is 29.7 Å². The molecule has 0 spiro atoms. The van der Waals surface area contributed by atoms with E-state index in [4.69, 9.17) is 27.9 Å². The summed E-state index contributed by atoms with van der Waals surface area (Å²) in [5.41, 5.74) is 2.13. The van der Waals surface area contributed by atoms with Crippen LogP contribution in [0.1, 0.15) is 17.5 Å². The smallest absolute Gasteiger partial charge is 0.317 e. The fourth-order valence-corrected chi connectivity index (χ4v) is 3.70. The highest BCUT2D eigenvalue weighted by molar-refractivity contribution is 6.35. The van der Waals surface area contributed by atoms with E-state index < -0.39 is 0 Å². The lowest BCUT2D eigenvalue weighted by Crippen LogP contribution is -2.38. The van der Waals surface area contributed by atoms with E-state index in [1.165, 1.54) is 5.56 Å². The molecule has 2 amide bonds. The monoisotopic (exact) mass is 392 g/mol. The second-order valence-corrected chi connectivity index (χ2v) is 7.39. The number of ether oxygens (including phenoxy) is 1. The Bertz CT molecular complexity index is 765. The molecule has 0 bridgehead atoms. The lowest BCUT2D eigenvalue weighted by Gasteiger charge is -2.18. The van der Waals surface area contributed by atoms with Crippen LogP contribution in [0.3, 0.4) is 0 Å². The topological polar surface area (TPSA) is 41.6 Å². The molecule has 4 nitrogen and oxygen atoms in total. The summed E-state index contributed by atoms with van der Waals surface area (Å²) in [6.45, 7) is 1.95. The van der Waals surface area contributed by atoms with Crippen molar-refractivity contribution in [3.05, 3.63) is 63.6 Å². The first-order chi connectivity index (χ1) is 12.5. The highest BCUT2D eigenvalue weighted by atomic mass is 35.5. The first kappa shape index (κ1) is 18.9. The molecule has 1 N–H and O–H groups in total. The van der Waals surface area contributed by atoms with Crippen molar-refractivity contribution in [3.63, 3.8) is 0 Å². The molecule has 138 valence electrons. The van der Waals surface area contributed by atoms with E-state index in [1.807, 2.05) is 23.1 Å². The van der Waals surface area contributed by atoms with Crippen LogP contribution < -0.4 is 10.1 Å². The molecule has 2 aromatic rings. The Morgan fingerprint density at radius 2 is 2.00 bits per heavy atom. The minimum Gasteiger partial charge on any atom is -0.497 e. The van der Waals surface area contributed by atoms with Crippen LogP contribution in [0.2, 0.25) is 10.0 Å². The number of carbonyl (C=O) groups excluding carboxylic acids is 1. The van der Waals surface area contributed by atoms with Gasteiger partial charge in [-0.3, -0.25) is 0 Å². The zero-order valence-electron chi connectivity index (χ0n) is 14.7. The van der Waals surface area contributed by atoms with Crippen LogP contribution in [0.15, 0.2) is 42.5 Å². The maximum Gasteiger partial charge on any atom is 0.317 e. The van der Waals surface area contributed by atoms with Gasteiger partial charge in [-0.1, -0.05) is 41.4 Å². The summed E-state index contributed by atoms with van der Waals surface area (Å²) in [6.07, 6.45) is 1.98. The zero-order valence-corrected chi connectivity index (χ0v) is 16.2. The molecule has 1 aliphatic rings. The number of hydrogen-bond donors (Lipinski definition) is 1. The third-order valence-corrected chi connectivity index (χ3v) is 5.29. The number of urea groups is 1. The summed E-state index contributed by atoms with van der Waals surface area (Å²) in [7, 11) is 1.67. The second kappa shape index (κ2) is 8.65. The minimum absolute atomic E-state index is 0.0479. The Morgan fingerprint density at radius 1 is 1.23 bits per heavy atom. The van der Waals surface area contributed by atoms with E-state index in [2.05, 4.69) is 17.4 Å². The van der Waals surface area contributed by atoms with Gasteiger partial charge in [0.15, 0.2) is 0 Å². The molecule has 0 saturated carbocycles. The van der Waals surface area contributed by atoms with Crippen molar-refractivity contribution in [2.45, 2.75) is 19.4 Å². The van der Waals surface area contributed by atoms with Crippen molar-refractivity contribution >= 4 is 29.2 Å². The molecule has 2 aromatic carbocycles. The maximum atomic E-state index is 12.4. The molecule has 1 unspecified atom stereocenters. The minimum atomic E-state index is -0.0479. The fraction of sp³-hybridized carbons (Fsp3) is 0.350. The number of likely N-dealkylation sites (tertiary alicyclic amines) is 1. The van der Waals surface area contributed by atoms with E-state index >= 15 is 0 Å². The van der Waals surface area contributed by atoms with Gasteiger partial charge in [-0.15, -0.1) is 0 Å². The molecule has 6 heteroatoms. The van der Waals surface area contributed by atoms with Gasteiger partial charge in [-0.25, -0.2) is 4.79 Å². The number of amides is 2. The van der Waals surface area contributed by atoms with Crippen molar-refractivity contribution in [2.24, 2.45) is 5.92 Å². The Hall–Kier alpha value is -1.91. The number of methoxy groups -OCH3 is 1. The predicted molar refractivity (Wildman–Crippen MR) is 105 cm³/mol. The summed E-state index contributed by atoms with van der Waals surface area (Å²) in [6, 6.07) is 13.4. The van der Waals surface area contributed by atoms with Crippen LogP contribution in [0, 0.1) is 5.92 Å². The third kappa shape index (κ3) is 4.83. The molecular weight excluding hydrogens is 371 g/mol. The van der Waals surface area contributed by atoms with Crippen molar-refractivity contribution in [2.75, 3.05) is 20.2 Å². The molecule has 0 aromatic heterocycles. The van der Waals surface area contributed by atoms with Gasteiger partial charge in [-0.2, -0.15) is 0 Å². The van der Waals surface area contributed by atoms with Gasteiger partial charge in [-0.05, 0) is 54.2 Å². The van der Waals surface area contributed by atoms with Crippen LogP contribution in [0.5, 0.6) is 5.75 Å². The van der Waals surface area contributed by atoms with E-state index in [-0.39, 0.29) is 6.03 Å². The number of nitrogens with one attached hydrogen (secondary N) is 1. The van der Waals surface area contributed by atoms with Crippen LogP contribution in [-0.2, 0) is 13.0 Å². The normalized spacial score (nSPS) is 16.6. The number of halogens is 2. The molecule has 0 aliphatic carbocycles. The summed E-state index contributed by atoms with van der Waals surface area (Å²) < 4.78 is 5.19. The molecule has 26 heavy (non-hydrogen) atoms. The average Bonchev–Trinajstić information content (AvgIpc) is 3.10. The van der Waals surface area contributed by atoms with Crippen LogP contribution in [-0.4, -0.2) is 31.1 Å². The quantitative estimate of drug-likeness (QED) is 0.795. The largest absolute Gasteiger partial charge is 0.497 e. The molecule has 0 radical (unpaired) electrons. The molecule has 1 heterocycles. The Kier molecular flexibility index (Phi) is 6.28. The van der Waals surface area contributed by atoms with Crippen molar-refractivity contribution in [3.8, 4) is 5.75 Å². The summed E-state index contributed by atoms with van der Waals surface area (Å²) in [4.78, 5) is 14.3. The molecule has 1 saturated heterocycles. The van der Waals surface area contributed by atoms with E-state index in [0.717, 1.165) is 37.2 Å². The predicted octanol–water partition coefficient (Wildman–Crippen LogP) is 4.78. The van der Waals surface area contributed by atoms with E-state index in [9.17, 15) is 4.79 Å². The SMILES string of the molecule is COc1ccc(CC2CCN(C(=O)NCc3ccc(Cl)cc3Cl)C2)cc1. The van der Waals surface area contributed by atoms with Crippen LogP contribution >= 0.6 is 23.2 Å². The Morgan fingerprint density at radius 3 is 2.69 bits per heavy atom. The first-order valence-corrected chi connectivity index (χ1v) is 9.40. The Balaban J connectivity index is 1.48. The lowest BCUT2D eigenvalue weighted by molar-refractivity contribution is 0.206. The van der Waals surface area contributed by atoms with Crippen molar-refractivity contribution in [1.82, 2.24) is 10.2 Å². The third-order valence-electron chi connectivity index (χ3n) is 4.70. The first-order valence-electron chi connectivity index (χ1n) is 8.65. The number of nitrogens with zero attached hydrogens (tertiary/aromatic N) is 1. The summed E-state index contributed by atoms with van der Waals surface area (Å²) in [5.74, 6) is 1.34. The Labute approximate surface area is 164 Å². The average molecular weight is 393 g/mol. The molecule has 1 atom stereocenters. The van der Waals surface area contributed by atoms with E-state index in [0.29, 0.717) is 22.5 Å². The second-order valence-electron chi connectivity index (χ2n) is 6.55. The molecule has 3 rings (SSSR count). The number of rotatable bonds is 5. The maximum absolute atomic E-state index is 12.4. The number of benzene rings is 2. The van der Waals surface area contributed by atoms with Gasteiger partial charge in [0.05, 0.1) is 7.11 Å². The molecule has 1 aliphatic heterocycles. The highest BCUT2D eigenvalue weighted by Gasteiger charge is 2.26. The lowest BCUT2D eigenvalue weighted by atomic mass is 9.99. The van der Waals surface area contributed by atoms with Gasteiger partial charge >= 0.3 is 6.03 Å². The van der Waals surface area contributed by atoms with Gasteiger partial charge in [0.2, 0.25) is 0 Å². The number of hydrogen-bond acceptors (Lipinski definition) is 2.